The average Bonchev–Trinajstić information content (AvgIpc) is 2.36. The summed E-state index contributed by atoms with van der Waals surface area (Å²) in [6, 6.07) is 5.60. The van der Waals surface area contributed by atoms with E-state index in [2.05, 4.69) is 15.4 Å². The number of amides is 1. The van der Waals surface area contributed by atoms with Crippen molar-refractivity contribution in [3.63, 3.8) is 0 Å². The highest BCUT2D eigenvalue weighted by atomic mass is 19.3. The maximum absolute atomic E-state index is 11.9. The van der Waals surface area contributed by atoms with Crippen LogP contribution in [0.5, 0.6) is 5.75 Å². The van der Waals surface area contributed by atoms with Crippen LogP contribution in [0.3, 0.4) is 0 Å². The molecule has 1 aromatic carbocycles. The molecule has 5 nitrogen and oxygen atoms in total. The molecule has 3 N–H and O–H groups in total. The number of rotatable bonds is 7. The van der Waals surface area contributed by atoms with E-state index < -0.39 is 12.7 Å². The van der Waals surface area contributed by atoms with Crippen molar-refractivity contribution in [2.75, 3.05) is 20.1 Å². The van der Waals surface area contributed by atoms with E-state index in [0.717, 1.165) is 0 Å². The second-order valence-electron chi connectivity index (χ2n) is 3.80. The molecule has 0 saturated carbocycles. The van der Waals surface area contributed by atoms with Crippen molar-refractivity contribution in [1.82, 2.24) is 10.6 Å². The number of carbonyl (C=O) groups is 1. The number of aliphatic hydroxyl groups excluding tert-OH is 1. The van der Waals surface area contributed by atoms with Crippen molar-refractivity contribution in [3.05, 3.63) is 29.8 Å². The normalized spacial score (nSPS) is 12.3. The van der Waals surface area contributed by atoms with Crippen molar-refractivity contribution in [1.29, 1.82) is 0 Å². The minimum atomic E-state index is -2.88. The Morgan fingerprint density at radius 2 is 2.00 bits per heavy atom. The molecule has 0 aliphatic heterocycles. The molecule has 1 rings (SSSR count). The first-order valence-electron chi connectivity index (χ1n) is 5.67. The van der Waals surface area contributed by atoms with Gasteiger partial charge in [0, 0.05) is 6.54 Å². The van der Waals surface area contributed by atoms with Crippen LogP contribution in [0, 0.1) is 0 Å². The van der Waals surface area contributed by atoms with Gasteiger partial charge in [-0.05, 0) is 24.7 Å². The number of nitrogens with one attached hydrogen (secondary N) is 2. The zero-order chi connectivity index (χ0) is 14.3. The van der Waals surface area contributed by atoms with Gasteiger partial charge >= 0.3 is 6.61 Å². The van der Waals surface area contributed by atoms with E-state index in [-0.39, 0.29) is 24.7 Å². The third-order valence-electron chi connectivity index (χ3n) is 2.32. The van der Waals surface area contributed by atoms with Gasteiger partial charge in [0.2, 0.25) is 5.91 Å². The zero-order valence-electron chi connectivity index (χ0n) is 10.4. The van der Waals surface area contributed by atoms with Gasteiger partial charge in [-0.15, -0.1) is 0 Å². The summed E-state index contributed by atoms with van der Waals surface area (Å²) in [5.74, 6) is -0.218. The highest BCUT2D eigenvalue weighted by molar-refractivity contribution is 5.77. The number of aliphatic hydroxyl groups is 1. The number of ether oxygens (including phenoxy) is 1. The number of hydrogen-bond acceptors (Lipinski definition) is 4. The molecule has 0 heterocycles. The third-order valence-corrected chi connectivity index (χ3v) is 2.32. The van der Waals surface area contributed by atoms with Gasteiger partial charge in [0.15, 0.2) is 0 Å². The van der Waals surface area contributed by atoms with Gasteiger partial charge in [-0.2, -0.15) is 8.78 Å². The van der Waals surface area contributed by atoms with Crippen molar-refractivity contribution < 1.29 is 23.4 Å². The highest BCUT2D eigenvalue weighted by Crippen LogP contribution is 2.18. The largest absolute Gasteiger partial charge is 0.435 e. The Hall–Kier alpha value is -1.73. The van der Waals surface area contributed by atoms with Crippen LogP contribution < -0.4 is 15.4 Å². The van der Waals surface area contributed by atoms with E-state index >= 15 is 0 Å². The van der Waals surface area contributed by atoms with Crippen molar-refractivity contribution in [3.8, 4) is 5.75 Å². The molecular formula is C12H16F2N2O3. The van der Waals surface area contributed by atoms with Crippen LogP contribution in [0.4, 0.5) is 8.78 Å². The lowest BCUT2D eigenvalue weighted by molar-refractivity contribution is -0.120. The zero-order valence-corrected chi connectivity index (χ0v) is 10.4. The lowest BCUT2D eigenvalue weighted by Gasteiger charge is -2.13. The van der Waals surface area contributed by atoms with Crippen LogP contribution in [0.15, 0.2) is 24.3 Å². The predicted octanol–water partition coefficient (Wildman–Crippen LogP) is 0.657. The summed E-state index contributed by atoms with van der Waals surface area (Å²) in [4.78, 5) is 11.2. The fourth-order valence-electron chi connectivity index (χ4n) is 1.42. The van der Waals surface area contributed by atoms with Gasteiger partial charge in [-0.3, -0.25) is 4.79 Å². The van der Waals surface area contributed by atoms with Gasteiger partial charge in [-0.1, -0.05) is 12.1 Å². The predicted molar refractivity (Wildman–Crippen MR) is 65.0 cm³/mol. The minimum Gasteiger partial charge on any atom is -0.435 e. The van der Waals surface area contributed by atoms with Crippen LogP contribution in [-0.2, 0) is 4.79 Å². The molecule has 0 aliphatic carbocycles. The summed E-state index contributed by atoms with van der Waals surface area (Å²) in [6.45, 7) is -2.67. The Labute approximate surface area is 109 Å². The summed E-state index contributed by atoms with van der Waals surface area (Å²) in [7, 11) is 1.64. The van der Waals surface area contributed by atoms with Crippen molar-refractivity contribution >= 4 is 5.91 Å². The SMILES string of the molecule is CNCC(=O)NCC(O)c1ccc(OC(F)F)cc1. The monoisotopic (exact) mass is 274 g/mol. The molecule has 0 aromatic heterocycles. The topological polar surface area (TPSA) is 70.6 Å². The molecule has 1 amide bonds. The lowest BCUT2D eigenvalue weighted by Crippen LogP contribution is -2.34. The summed E-state index contributed by atoms with van der Waals surface area (Å²) in [5.41, 5.74) is 0.506. The summed E-state index contributed by atoms with van der Waals surface area (Å²) in [6.07, 6.45) is -0.901. The maximum atomic E-state index is 11.9. The van der Waals surface area contributed by atoms with Crippen LogP contribution in [-0.4, -0.2) is 37.8 Å². The molecule has 0 saturated heterocycles. The Kier molecular flexibility index (Phi) is 6.17. The van der Waals surface area contributed by atoms with Crippen LogP contribution in [0.2, 0.25) is 0 Å². The molecule has 0 spiro atoms. The lowest BCUT2D eigenvalue weighted by atomic mass is 10.1. The first-order valence-corrected chi connectivity index (χ1v) is 5.67. The molecule has 1 unspecified atom stereocenters. The second kappa shape index (κ2) is 7.65. The maximum Gasteiger partial charge on any atom is 0.387 e. The molecule has 0 aliphatic rings. The van der Waals surface area contributed by atoms with Crippen molar-refractivity contribution in [2.24, 2.45) is 0 Å². The van der Waals surface area contributed by atoms with Crippen LogP contribution in [0.25, 0.3) is 0 Å². The Morgan fingerprint density at radius 1 is 1.37 bits per heavy atom. The molecule has 19 heavy (non-hydrogen) atoms. The van der Waals surface area contributed by atoms with Crippen molar-refractivity contribution in [2.45, 2.75) is 12.7 Å². The summed E-state index contributed by atoms with van der Waals surface area (Å²) < 4.78 is 28.1. The number of benzene rings is 1. The number of halogens is 2. The first-order chi connectivity index (χ1) is 9.02. The van der Waals surface area contributed by atoms with Gasteiger partial charge in [0.05, 0.1) is 12.6 Å². The molecular weight excluding hydrogens is 258 g/mol. The van der Waals surface area contributed by atoms with E-state index in [9.17, 15) is 18.7 Å². The molecule has 0 bridgehead atoms. The van der Waals surface area contributed by atoms with Gasteiger partial charge in [0.1, 0.15) is 5.75 Å². The molecule has 106 valence electrons. The average molecular weight is 274 g/mol. The Balaban J connectivity index is 2.48. The first kappa shape index (κ1) is 15.3. The smallest absolute Gasteiger partial charge is 0.387 e. The van der Waals surface area contributed by atoms with Gasteiger partial charge in [0.25, 0.3) is 0 Å². The molecule has 0 radical (unpaired) electrons. The van der Waals surface area contributed by atoms with E-state index in [1.165, 1.54) is 24.3 Å². The summed E-state index contributed by atoms with van der Waals surface area (Å²) in [5, 5.41) is 15.0. The molecule has 7 heteroatoms. The fourth-order valence-corrected chi connectivity index (χ4v) is 1.42. The third kappa shape index (κ3) is 5.62. The van der Waals surface area contributed by atoms with E-state index in [4.69, 9.17) is 0 Å². The Bertz CT molecular complexity index is 398. The van der Waals surface area contributed by atoms with Crippen LogP contribution in [0.1, 0.15) is 11.7 Å². The van der Waals surface area contributed by atoms with Gasteiger partial charge in [-0.25, -0.2) is 0 Å². The Morgan fingerprint density at radius 3 is 2.53 bits per heavy atom. The molecule has 1 aromatic rings. The molecule has 0 fully saturated rings. The fraction of sp³-hybridized carbons (Fsp3) is 0.417. The number of likely N-dealkylation sites (N-methyl/N-ethyl adjacent to an activating group) is 1. The highest BCUT2D eigenvalue weighted by Gasteiger charge is 2.10. The minimum absolute atomic E-state index is 0.0187. The quantitative estimate of drug-likeness (QED) is 0.683. The number of carbonyl (C=O) groups excluding carboxylic acids is 1. The van der Waals surface area contributed by atoms with Gasteiger partial charge < -0.3 is 20.5 Å². The number of alkyl halides is 2. The standard InChI is InChI=1S/C12H16F2N2O3/c1-15-7-11(18)16-6-10(17)8-2-4-9(5-3-8)19-12(13)14/h2-5,10,12,15,17H,6-7H2,1H3,(H,16,18). The van der Waals surface area contributed by atoms with E-state index in [1.807, 2.05) is 0 Å². The second-order valence-corrected chi connectivity index (χ2v) is 3.80. The van der Waals surface area contributed by atoms with E-state index in [0.29, 0.717) is 5.56 Å². The van der Waals surface area contributed by atoms with Crippen LogP contribution >= 0.6 is 0 Å². The molecule has 1 atom stereocenters. The number of hydrogen-bond donors (Lipinski definition) is 3. The van der Waals surface area contributed by atoms with E-state index in [1.54, 1.807) is 7.05 Å². The summed E-state index contributed by atoms with van der Waals surface area (Å²) >= 11 is 0.